The molecule has 13 aromatic rings. The van der Waals surface area contributed by atoms with E-state index in [1.165, 1.54) is 0 Å². The van der Waals surface area contributed by atoms with Crippen molar-refractivity contribution in [3.05, 3.63) is 261 Å². The van der Waals surface area contributed by atoms with Gasteiger partial charge in [0.2, 0.25) is 0 Å². The average molecular weight is 938 g/mol. The molecule has 0 radical (unpaired) electrons. The van der Waals surface area contributed by atoms with Gasteiger partial charge in [0.15, 0.2) is 0 Å². The molecule has 4 heterocycles. The first kappa shape index (κ1) is 43.4. The third-order valence-corrected chi connectivity index (χ3v) is 14.2. The van der Waals surface area contributed by atoms with Crippen LogP contribution in [0.4, 0.5) is 0 Å². The molecule has 73 heavy (non-hydrogen) atoms. The summed E-state index contributed by atoms with van der Waals surface area (Å²) >= 11 is 0. The Morgan fingerprint density at radius 3 is 1.30 bits per heavy atom. The molecular weight excluding hydrogens is 891 g/mol. The number of nitrogens with zero attached hydrogens (tertiary/aromatic N) is 5. The van der Waals surface area contributed by atoms with Crippen molar-refractivity contribution in [3.8, 4) is 101 Å². The zero-order valence-corrected chi connectivity index (χ0v) is 40.3. The van der Waals surface area contributed by atoms with Gasteiger partial charge in [-0.3, -0.25) is 4.98 Å². The van der Waals surface area contributed by atoms with Gasteiger partial charge in [0, 0.05) is 50.6 Å². The fraction of sp³-hybridized carbons (Fsp3) is 0.0299. The molecule has 0 saturated heterocycles. The van der Waals surface area contributed by atoms with E-state index in [2.05, 4.69) is 220 Å². The molecule has 0 fully saturated rings. The first-order chi connectivity index (χ1) is 36.0. The lowest BCUT2D eigenvalue weighted by Gasteiger charge is -2.18. The number of para-hydroxylation sites is 3. The van der Waals surface area contributed by atoms with Crippen LogP contribution < -0.4 is 0 Å². The number of aromatic nitrogens is 5. The minimum Gasteiger partial charge on any atom is -0.456 e. The van der Waals surface area contributed by atoms with Crippen molar-refractivity contribution in [3.63, 3.8) is 0 Å². The fourth-order valence-electron chi connectivity index (χ4n) is 10.5. The lowest BCUT2D eigenvalue weighted by Crippen LogP contribution is -1.98. The Bertz CT molecular complexity index is 4020. The number of hydrogen-bond donors (Lipinski definition) is 0. The summed E-state index contributed by atoms with van der Waals surface area (Å²) in [6, 6.07) is 81.4. The Hall–Kier alpha value is -9.65. The second kappa shape index (κ2) is 18.3. The summed E-state index contributed by atoms with van der Waals surface area (Å²) in [5.41, 5.74) is 23.3. The summed E-state index contributed by atoms with van der Waals surface area (Å²) in [6.07, 6.45) is 6.01. The number of furan rings is 1. The fourth-order valence-corrected chi connectivity index (χ4v) is 10.5. The topological polar surface area (TPSA) is 61.7 Å². The smallest absolute Gasteiger partial charge is 0.136 e. The molecular formula is C67H47N5O. The number of benzene rings is 9. The molecule has 0 amide bonds. The van der Waals surface area contributed by atoms with Gasteiger partial charge in [-0.1, -0.05) is 158 Å². The first-order valence-corrected chi connectivity index (χ1v) is 24.6. The van der Waals surface area contributed by atoms with Gasteiger partial charge in [-0.2, -0.15) is 10.2 Å². The van der Waals surface area contributed by atoms with Gasteiger partial charge in [-0.15, -0.1) is 0 Å². The number of fused-ring (bicyclic) bond motifs is 3. The van der Waals surface area contributed by atoms with Crippen molar-refractivity contribution >= 4 is 21.9 Å². The molecule has 346 valence electrons. The van der Waals surface area contributed by atoms with Crippen LogP contribution in [0.25, 0.3) is 122 Å². The minimum absolute atomic E-state index is 0.883. The van der Waals surface area contributed by atoms with Gasteiger partial charge in [0.25, 0.3) is 0 Å². The summed E-state index contributed by atoms with van der Waals surface area (Å²) in [6.45, 7) is 4.30. The van der Waals surface area contributed by atoms with E-state index in [1.54, 1.807) is 0 Å². The van der Waals surface area contributed by atoms with Crippen LogP contribution in [-0.4, -0.2) is 24.5 Å². The quantitative estimate of drug-likeness (QED) is 0.137. The van der Waals surface area contributed by atoms with Crippen LogP contribution in [0.1, 0.15) is 11.4 Å². The predicted octanol–water partition coefficient (Wildman–Crippen LogP) is 17.3. The van der Waals surface area contributed by atoms with Crippen LogP contribution in [0.5, 0.6) is 0 Å². The first-order valence-electron chi connectivity index (χ1n) is 24.6. The number of hydrogen-bond acceptors (Lipinski definition) is 4. The standard InChI is InChI=1S/C67H47N5O/c1-44-63(42-69-71(44)53-20-5-3-6-21-53)59-28-13-11-26-57(59)51-37-50(38-52(39-51)58-27-12-14-29-60(58)64-43-70-72(45(64)2)54-22-7-4-8-23-54)56-25-10-9-24-55(56)49-33-35-65(68-41-49)48-19-17-18-46(36-48)47-32-34-62-61-30-15-16-31-66(61)73-67(62)40-47/h3-43H,1-2H3. The second-order valence-corrected chi connectivity index (χ2v) is 18.5. The van der Waals surface area contributed by atoms with Crippen molar-refractivity contribution in [2.45, 2.75) is 13.8 Å². The van der Waals surface area contributed by atoms with Crippen molar-refractivity contribution in [1.29, 1.82) is 0 Å². The van der Waals surface area contributed by atoms with Crippen LogP contribution in [0, 0.1) is 13.8 Å². The summed E-state index contributed by atoms with van der Waals surface area (Å²) in [5.74, 6) is 0. The maximum absolute atomic E-state index is 6.25. The Morgan fingerprint density at radius 2 is 0.740 bits per heavy atom. The van der Waals surface area contributed by atoms with Gasteiger partial charge >= 0.3 is 0 Å². The monoisotopic (exact) mass is 937 g/mol. The molecule has 0 aliphatic rings. The third-order valence-electron chi connectivity index (χ3n) is 14.2. The molecule has 6 heteroatoms. The van der Waals surface area contributed by atoms with Gasteiger partial charge in [-0.25, -0.2) is 9.36 Å². The van der Waals surface area contributed by atoms with Gasteiger partial charge in [0.05, 0.1) is 29.5 Å². The van der Waals surface area contributed by atoms with E-state index in [-0.39, 0.29) is 0 Å². The van der Waals surface area contributed by atoms with Gasteiger partial charge in [-0.05, 0) is 148 Å². The minimum atomic E-state index is 0.883. The lowest BCUT2D eigenvalue weighted by atomic mass is 9.86. The number of rotatable bonds is 10. The normalized spacial score (nSPS) is 11.4. The zero-order chi connectivity index (χ0) is 48.8. The van der Waals surface area contributed by atoms with Crippen molar-refractivity contribution in [2.75, 3.05) is 0 Å². The van der Waals surface area contributed by atoms with Crippen LogP contribution >= 0.6 is 0 Å². The summed E-state index contributed by atoms with van der Waals surface area (Å²) in [4.78, 5) is 5.12. The van der Waals surface area contributed by atoms with E-state index in [0.717, 1.165) is 134 Å². The van der Waals surface area contributed by atoms with Gasteiger partial charge < -0.3 is 4.42 Å². The maximum atomic E-state index is 6.25. The molecule has 4 aromatic heterocycles. The highest BCUT2D eigenvalue weighted by Crippen LogP contribution is 2.43. The molecule has 0 aliphatic heterocycles. The Kier molecular flexibility index (Phi) is 10.9. The van der Waals surface area contributed by atoms with Crippen LogP contribution in [0.15, 0.2) is 254 Å². The molecule has 0 atom stereocenters. The average Bonchev–Trinajstić information content (AvgIpc) is 4.17. The highest BCUT2D eigenvalue weighted by molar-refractivity contribution is 6.06. The zero-order valence-electron chi connectivity index (χ0n) is 40.3. The van der Waals surface area contributed by atoms with Crippen LogP contribution in [0.2, 0.25) is 0 Å². The molecule has 13 rings (SSSR count). The highest BCUT2D eigenvalue weighted by Gasteiger charge is 2.20. The second-order valence-electron chi connectivity index (χ2n) is 18.5. The van der Waals surface area contributed by atoms with Crippen molar-refractivity contribution in [1.82, 2.24) is 24.5 Å². The van der Waals surface area contributed by atoms with E-state index in [0.29, 0.717) is 0 Å². The van der Waals surface area contributed by atoms with E-state index in [4.69, 9.17) is 19.6 Å². The van der Waals surface area contributed by atoms with E-state index >= 15 is 0 Å². The molecule has 0 aliphatic carbocycles. The predicted molar refractivity (Wildman–Crippen MR) is 299 cm³/mol. The SMILES string of the molecule is Cc1c(-c2ccccc2-c2cc(-c3ccccc3-c3ccc(-c4cccc(-c5ccc6c(c5)oc5ccccc56)c4)nc3)cc(-c3ccccc3-c3cnn(-c4ccccc4)c3C)c2)cnn1-c1ccccc1. The molecule has 0 N–H and O–H groups in total. The summed E-state index contributed by atoms with van der Waals surface area (Å²) in [7, 11) is 0. The Balaban J connectivity index is 0.916. The third kappa shape index (κ3) is 7.92. The maximum Gasteiger partial charge on any atom is 0.136 e. The molecule has 0 bridgehead atoms. The van der Waals surface area contributed by atoms with Crippen LogP contribution in [0.3, 0.4) is 0 Å². The highest BCUT2D eigenvalue weighted by atomic mass is 16.3. The van der Waals surface area contributed by atoms with Gasteiger partial charge in [0.1, 0.15) is 11.2 Å². The van der Waals surface area contributed by atoms with E-state index < -0.39 is 0 Å². The van der Waals surface area contributed by atoms with Crippen molar-refractivity contribution in [2.24, 2.45) is 0 Å². The Morgan fingerprint density at radius 1 is 0.301 bits per heavy atom. The molecule has 9 aromatic carbocycles. The largest absolute Gasteiger partial charge is 0.456 e. The molecule has 0 spiro atoms. The molecule has 0 saturated carbocycles. The van der Waals surface area contributed by atoms with E-state index in [9.17, 15) is 0 Å². The summed E-state index contributed by atoms with van der Waals surface area (Å²) in [5, 5.41) is 12.1. The summed E-state index contributed by atoms with van der Waals surface area (Å²) < 4.78 is 10.3. The Labute approximate surface area is 423 Å². The molecule has 6 nitrogen and oxygen atoms in total. The van der Waals surface area contributed by atoms with Crippen LogP contribution in [-0.2, 0) is 0 Å². The van der Waals surface area contributed by atoms with E-state index in [1.807, 2.05) is 52.2 Å². The number of pyridine rings is 1. The van der Waals surface area contributed by atoms with Crippen molar-refractivity contribution < 1.29 is 4.42 Å². The lowest BCUT2D eigenvalue weighted by molar-refractivity contribution is 0.669. The molecule has 0 unspecified atom stereocenters.